The van der Waals surface area contributed by atoms with E-state index in [-0.39, 0.29) is 25.0 Å². The van der Waals surface area contributed by atoms with Gasteiger partial charge in [-0.15, -0.1) is 6.58 Å². The van der Waals surface area contributed by atoms with Gasteiger partial charge in [0.2, 0.25) is 5.91 Å². The fourth-order valence-corrected chi connectivity index (χ4v) is 3.47. The Morgan fingerprint density at radius 2 is 1.85 bits per heavy atom. The van der Waals surface area contributed by atoms with Crippen molar-refractivity contribution >= 4 is 17.6 Å². The minimum atomic E-state index is -0.350. The molecule has 7 heteroatoms. The fourth-order valence-electron chi connectivity index (χ4n) is 3.47. The number of rotatable bonds is 10. The van der Waals surface area contributed by atoms with Gasteiger partial charge in [-0.2, -0.15) is 0 Å². The molecule has 0 aliphatic rings. The molecule has 0 saturated heterocycles. The summed E-state index contributed by atoms with van der Waals surface area (Å²) >= 11 is 0. The van der Waals surface area contributed by atoms with E-state index < -0.39 is 0 Å². The van der Waals surface area contributed by atoms with Gasteiger partial charge < -0.3 is 24.1 Å². The van der Waals surface area contributed by atoms with Crippen molar-refractivity contribution in [1.82, 2.24) is 14.4 Å². The van der Waals surface area contributed by atoms with E-state index in [2.05, 4.69) is 25.7 Å². The smallest absolute Gasteiger partial charge is 0.322 e. The van der Waals surface area contributed by atoms with Gasteiger partial charge in [0, 0.05) is 31.2 Å². The number of amides is 3. The topological polar surface area (TPSA) is 70.7 Å². The first-order valence-corrected chi connectivity index (χ1v) is 11.0. The van der Waals surface area contributed by atoms with Crippen molar-refractivity contribution < 1.29 is 14.0 Å². The lowest BCUT2D eigenvalue weighted by molar-refractivity contribution is -0.133. The molecule has 0 aliphatic carbocycles. The molecule has 0 unspecified atom stereocenters. The number of nitrogens with zero attached hydrogens (tertiary/aromatic N) is 3. The van der Waals surface area contributed by atoms with E-state index >= 15 is 0 Å². The zero-order valence-electron chi connectivity index (χ0n) is 19.5. The van der Waals surface area contributed by atoms with Gasteiger partial charge in [-0.1, -0.05) is 32.1 Å². The maximum atomic E-state index is 13.3. The molecule has 1 N–H and O–H groups in total. The average Bonchev–Trinajstić information content (AvgIpc) is 3.45. The number of furan rings is 1. The van der Waals surface area contributed by atoms with Gasteiger partial charge in [0.1, 0.15) is 12.3 Å². The van der Waals surface area contributed by atoms with Crippen LogP contribution in [0.5, 0.6) is 0 Å². The molecule has 0 spiro atoms. The van der Waals surface area contributed by atoms with Crippen LogP contribution in [0, 0.1) is 0 Å². The standard InChI is InChI=1S/C26H32N4O3/c1-5-14-29(26(32)27-22-12-10-21(11-13-22)20(2)3)19-25(31)30(18-24-9-7-16-33-24)17-23-8-6-15-28(23)4/h5-13,15-16,20H,1,14,17-19H2,2-4H3,(H,27,32). The molecule has 0 saturated carbocycles. The Labute approximate surface area is 195 Å². The average molecular weight is 449 g/mol. The highest BCUT2D eigenvalue weighted by atomic mass is 16.3. The second kappa shape index (κ2) is 11.2. The zero-order chi connectivity index (χ0) is 23.8. The third-order valence-electron chi connectivity index (χ3n) is 5.48. The van der Waals surface area contributed by atoms with Crippen molar-refractivity contribution in [3.63, 3.8) is 0 Å². The van der Waals surface area contributed by atoms with Crippen LogP contribution in [0.1, 0.15) is 36.8 Å². The van der Waals surface area contributed by atoms with Crippen LogP contribution in [-0.4, -0.2) is 39.4 Å². The Morgan fingerprint density at radius 3 is 2.42 bits per heavy atom. The molecule has 3 aromatic rings. The van der Waals surface area contributed by atoms with Crippen LogP contribution in [0.15, 0.2) is 78.1 Å². The molecular formula is C26H32N4O3. The minimum absolute atomic E-state index is 0.0763. The first-order chi connectivity index (χ1) is 15.9. The molecule has 7 nitrogen and oxygen atoms in total. The number of aryl methyl sites for hydroxylation is 1. The van der Waals surface area contributed by atoms with Gasteiger partial charge in [0.25, 0.3) is 0 Å². The van der Waals surface area contributed by atoms with Gasteiger partial charge in [-0.25, -0.2) is 4.79 Å². The molecule has 0 fully saturated rings. The summed E-state index contributed by atoms with van der Waals surface area (Å²) in [6.07, 6.45) is 5.14. The summed E-state index contributed by atoms with van der Waals surface area (Å²) in [6, 6.07) is 14.9. The predicted molar refractivity (Wildman–Crippen MR) is 130 cm³/mol. The second-order valence-corrected chi connectivity index (χ2v) is 8.32. The Balaban J connectivity index is 1.71. The molecule has 3 rings (SSSR count). The van der Waals surface area contributed by atoms with Gasteiger partial charge >= 0.3 is 6.03 Å². The van der Waals surface area contributed by atoms with Gasteiger partial charge in [-0.05, 0) is 47.9 Å². The van der Waals surface area contributed by atoms with E-state index in [4.69, 9.17) is 4.42 Å². The number of aromatic nitrogens is 1. The van der Waals surface area contributed by atoms with Crippen LogP contribution in [0.3, 0.4) is 0 Å². The lowest BCUT2D eigenvalue weighted by Crippen LogP contribution is -2.44. The molecule has 2 aromatic heterocycles. The largest absolute Gasteiger partial charge is 0.467 e. The second-order valence-electron chi connectivity index (χ2n) is 8.32. The van der Waals surface area contributed by atoms with E-state index in [1.165, 1.54) is 10.5 Å². The summed E-state index contributed by atoms with van der Waals surface area (Å²) in [7, 11) is 1.94. The van der Waals surface area contributed by atoms with E-state index in [0.717, 1.165) is 5.69 Å². The molecule has 1 aromatic carbocycles. The lowest BCUT2D eigenvalue weighted by Gasteiger charge is -2.27. The Hall–Kier alpha value is -3.74. The molecule has 0 bridgehead atoms. The van der Waals surface area contributed by atoms with E-state index in [0.29, 0.717) is 30.5 Å². The van der Waals surface area contributed by atoms with Crippen molar-refractivity contribution in [3.8, 4) is 0 Å². The van der Waals surface area contributed by atoms with Crippen LogP contribution in [0.2, 0.25) is 0 Å². The minimum Gasteiger partial charge on any atom is -0.467 e. The molecule has 3 amide bonds. The molecular weight excluding hydrogens is 416 g/mol. The highest BCUT2D eigenvalue weighted by molar-refractivity contribution is 5.92. The zero-order valence-corrected chi connectivity index (χ0v) is 19.5. The Morgan fingerprint density at radius 1 is 1.09 bits per heavy atom. The van der Waals surface area contributed by atoms with Crippen LogP contribution in [0.25, 0.3) is 0 Å². The van der Waals surface area contributed by atoms with Crippen molar-refractivity contribution in [2.75, 3.05) is 18.4 Å². The van der Waals surface area contributed by atoms with Crippen LogP contribution < -0.4 is 5.32 Å². The first-order valence-electron chi connectivity index (χ1n) is 11.0. The highest BCUT2D eigenvalue weighted by Gasteiger charge is 2.22. The van der Waals surface area contributed by atoms with Crippen LogP contribution in [0.4, 0.5) is 10.5 Å². The number of urea groups is 1. The number of carbonyl (C=O) groups is 2. The molecule has 2 heterocycles. The summed E-state index contributed by atoms with van der Waals surface area (Å²) < 4.78 is 7.43. The summed E-state index contributed by atoms with van der Waals surface area (Å²) in [4.78, 5) is 29.4. The SMILES string of the molecule is C=CCN(CC(=O)N(Cc1ccco1)Cc1cccn1C)C(=O)Nc1ccc(C(C)C)cc1. The number of carbonyl (C=O) groups excluding carboxylic acids is 2. The van der Waals surface area contributed by atoms with Crippen molar-refractivity contribution in [3.05, 3.63) is 90.7 Å². The maximum Gasteiger partial charge on any atom is 0.322 e. The van der Waals surface area contributed by atoms with Crippen molar-refractivity contribution in [2.45, 2.75) is 32.9 Å². The summed E-state index contributed by atoms with van der Waals surface area (Å²) in [5, 5.41) is 2.88. The number of nitrogens with one attached hydrogen (secondary N) is 1. The van der Waals surface area contributed by atoms with Gasteiger partial charge in [0.05, 0.1) is 19.4 Å². The summed E-state index contributed by atoms with van der Waals surface area (Å²) in [6.45, 7) is 8.88. The van der Waals surface area contributed by atoms with E-state index in [1.54, 1.807) is 23.3 Å². The molecule has 0 radical (unpaired) electrons. The Kier molecular flexibility index (Phi) is 8.13. The third-order valence-corrected chi connectivity index (χ3v) is 5.48. The first kappa shape index (κ1) is 23.9. The monoisotopic (exact) mass is 448 g/mol. The van der Waals surface area contributed by atoms with Gasteiger partial charge in [0.15, 0.2) is 0 Å². The van der Waals surface area contributed by atoms with Crippen molar-refractivity contribution in [1.29, 1.82) is 0 Å². The maximum absolute atomic E-state index is 13.3. The predicted octanol–water partition coefficient (Wildman–Crippen LogP) is 4.99. The molecule has 0 atom stereocenters. The molecule has 0 aliphatic heterocycles. The van der Waals surface area contributed by atoms with Crippen LogP contribution >= 0.6 is 0 Å². The Bertz CT molecular complexity index is 1050. The van der Waals surface area contributed by atoms with E-state index in [9.17, 15) is 9.59 Å². The van der Waals surface area contributed by atoms with Crippen molar-refractivity contribution in [2.24, 2.45) is 7.05 Å². The summed E-state index contributed by atoms with van der Waals surface area (Å²) in [5.41, 5.74) is 2.86. The highest BCUT2D eigenvalue weighted by Crippen LogP contribution is 2.18. The fraction of sp³-hybridized carbons (Fsp3) is 0.308. The number of hydrogen-bond donors (Lipinski definition) is 1. The summed E-state index contributed by atoms with van der Waals surface area (Å²) in [5.74, 6) is 0.913. The third kappa shape index (κ3) is 6.62. The van der Waals surface area contributed by atoms with Gasteiger partial charge in [-0.3, -0.25) is 4.79 Å². The molecule has 174 valence electrons. The van der Waals surface area contributed by atoms with Crippen LogP contribution in [-0.2, 0) is 24.9 Å². The normalized spacial score (nSPS) is 10.8. The molecule has 33 heavy (non-hydrogen) atoms. The lowest BCUT2D eigenvalue weighted by atomic mass is 10.0. The quantitative estimate of drug-likeness (QED) is 0.444. The number of anilines is 1. The number of hydrogen-bond acceptors (Lipinski definition) is 3. The number of benzene rings is 1. The van der Waals surface area contributed by atoms with E-state index in [1.807, 2.05) is 60.3 Å².